The molecule has 0 aliphatic heterocycles. The molecule has 9 aromatic carbocycles. The van der Waals surface area contributed by atoms with Gasteiger partial charge in [-0.25, -0.2) is 0 Å². The molecule has 0 radical (unpaired) electrons. The number of hydrogen-bond donors (Lipinski definition) is 0. The highest BCUT2D eigenvalue weighted by atomic mass is 32.1. The SMILES string of the molecule is C.C.C.CCc1ccc(C)cc1C(C)(C)C.CCc1ccc(C)cc1C(C)(C)C.CCc1ccccc1C(C)(C)C.CCc1ccccc1C(C)(C)C.Cc1c(C(C)(C)C)oc2c1ccc1ccccc12.Cc1c(C(C)(C)C)sc2c1ccc1ccccc12.Cc1c(C(C)(C)C)sc2ccccc12. The first kappa shape index (κ1) is 90.2. The van der Waals surface area contributed by atoms with E-state index in [0.29, 0.717) is 0 Å². The highest BCUT2D eigenvalue weighted by Gasteiger charge is 2.26. The molecule has 0 aliphatic carbocycles. The maximum atomic E-state index is 6.18. The molecule has 0 spiro atoms. The molecule has 3 heterocycles. The van der Waals surface area contributed by atoms with Crippen LogP contribution in [0, 0.1) is 34.6 Å². The van der Waals surface area contributed by atoms with Gasteiger partial charge in [-0.3, -0.25) is 0 Å². The molecule has 0 saturated heterocycles. The van der Waals surface area contributed by atoms with Crippen molar-refractivity contribution in [3.05, 3.63) is 270 Å². The molecule has 103 heavy (non-hydrogen) atoms. The van der Waals surface area contributed by atoms with Gasteiger partial charge in [-0.15, -0.1) is 22.7 Å². The van der Waals surface area contributed by atoms with Crippen molar-refractivity contribution in [3.63, 3.8) is 0 Å². The molecule has 0 atom stereocenters. The number of hydrogen-bond acceptors (Lipinski definition) is 3. The van der Waals surface area contributed by atoms with E-state index in [4.69, 9.17) is 4.42 Å². The number of fused-ring (bicyclic) bond motifs is 7. The van der Waals surface area contributed by atoms with Crippen molar-refractivity contribution in [1.29, 1.82) is 0 Å². The van der Waals surface area contributed by atoms with Gasteiger partial charge < -0.3 is 4.42 Å². The third-order valence-electron chi connectivity index (χ3n) is 18.9. The van der Waals surface area contributed by atoms with Gasteiger partial charge in [-0.2, -0.15) is 0 Å². The van der Waals surface area contributed by atoms with E-state index in [0.717, 1.165) is 37.0 Å². The number of furan rings is 1. The average Bonchev–Trinajstić information content (AvgIpc) is 1.62. The Bertz CT molecular complexity index is 4360. The molecular weight excluding hydrogens is 1280 g/mol. The minimum atomic E-state index is 0. The third kappa shape index (κ3) is 23.7. The van der Waals surface area contributed by atoms with E-state index in [2.05, 4.69) is 390 Å². The van der Waals surface area contributed by atoms with Crippen LogP contribution in [0.4, 0.5) is 0 Å². The smallest absolute Gasteiger partial charge is 0.142 e. The van der Waals surface area contributed by atoms with Crippen LogP contribution >= 0.6 is 22.7 Å². The topological polar surface area (TPSA) is 13.1 Å². The lowest BCUT2D eigenvalue weighted by Crippen LogP contribution is -2.14. The van der Waals surface area contributed by atoms with Crippen LogP contribution in [0.2, 0.25) is 0 Å². The summed E-state index contributed by atoms with van der Waals surface area (Å²) in [6.45, 7) is 67.4. The van der Waals surface area contributed by atoms with Gasteiger partial charge in [0, 0.05) is 35.3 Å². The largest absolute Gasteiger partial charge is 0.460 e. The van der Waals surface area contributed by atoms with Crippen LogP contribution in [0.15, 0.2) is 186 Å². The highest BCUT2D eigenvalue weighted by Crippen LogP contribution is 2.43. The minimum Gasteiger partial charge on any atom is -0.460 e. The first-order chi connectivity index (χ1) is 46.5. The van der Waals surface area contributed by atoms with Crippen LogP contribution in [-0.2, 0) is 63.6 Å². The van der Waals surface area contributed by atoms with Crippen molar-refractivity contribution in [1.82, 2.24) is 0 Å². The van der Waals surface area contributed by atoms with Crippen molar-refractivity contribution < 1.29 is 4.42 Å². The zero-order valence-electron chi connectivity index (χ0n) is 67.9. The van der Waals surface area contributed by atoms with Gasteiger partial charge in [0.15, 0.2) is 0 Å². The Balaban J connectivity index is 0.000000313. The van der Waals surface area contributed by atoms with E-state index in [9.17, 15) is 0 Å². The molecule has 0 unspecified atom stereocenters. The van der Waals surface area contributed by atoms with Crippen molar-refractivity contribution >= 4 is 75.4 Å². The predicted octanol–water partition coefficient (Wildman–Crippen LogP) is 32.1. The first-order valence-corrected chi connectivity index (χ1v) is 38.8. The molecular formula is C100H140OS2. The van der Waals surface area contributed by atoms with E-state index in [1.807, 2.05) is 22.7 Å². The van der Waals surface area contributed by atoms with E-state index < -0.39 is 0 Å². The summed E-state index contributed by atoms with van der Waals surface area (Å²) in [5.74, 6) is 1.09. The lowest BCUT2D eigenvalue weighted by molar-refractivity contribution is 0.427. The summed E-state index contributed by atoms with van der Waals surface area (Å²) in [6, 6.07) is 65.6. The number of rotatable bonds is 4. The lowest BCUT2D eigenvalue weighted by atomic mass is 9.82. The summed E-state index contributed by atoms with van der Waals surface area (Å²) in [5.41, 5.74) is 21.5. The monoisotopic (exact) mass is 1420 g/mol. The first-order valence-electron chi connectivity index (χ1n) is 37.2. The maximum absolute atomic E-state index is 6.18. The Morgan fingerprint density at radius 1 is 0.282 bits per heavy atom. The average molecular weight is 1420 g/mol. The van der Waals surface area contributed by atoms with Crippen LogP contribution < -0.4 is 0 Å². The van der Waals surface area contributed by atoms with Crippen LogP contribution in [0.1, 0.15) is 283 Å². The second-order valence-corrected chi connectivity index (χ2v) is 36.9. The van der Waals surface area contributed by atoms with Gasteiger partial charge in [0.2, 0.25) is 0 Å². The summed E-state index contributed by atoms with van der Waals surface area (Å²) in [6.07, 6.45) is 4.53. The zero-order chi connectivity index (χ0) is 74.7. The predicted molar refractivity (Wildman–Crippen MR) is 473 cm³/mol. The van der Waals surface area contributed by atoms with Gasteiger partial charge in [0.25, 0.3) is 0 Å². The van der Waals surface area contributed by atoms with Gasteiger partial charge in [-0.05, 0) is 187 Å². The quantitative estimate of drug-likeness (QED) is 0.171. The van der Waals surface area contributed by atoms with Crippen LogP contribution in [0.5, 0.6) is 0 Å². The third-order valence-corrected chi connectivity index (χ3v) is 22.3. The number of benzene rings is 9. The fraction of sp³-hybridized carbons (Fsp3) is 0.440. The van der Waals surface area contributed by atoms with Gasteiger partial charge in [0.05, 0.1) is 0 Å². The van der Waals surface area contributed by atoms with Crippen LogP contribution in [0.25, 0.3) is 52.7 Å². The summed E-state index contributed by atoms with van der Waals surface area (Å²) >= 11 is 3.89. The maximum Gasteiger partial charge on any atom is 0.142 e. The molecule has 0 fully saturated rings. The molecule has 12 rings (SSSR count). The van der Waals surface area contributed by atoms with Crippen molar-refractivity contribution in [2.75, 3.05) is 0 Å². The Hall–Kier alpha value is -7.04. The molecule has 0 saturated carbocycles. The van der Waals surface area contributed by atoms with Gasteiger partial charge in [0.1, 0.15) is 11.3 Å². The Morgan fingerprint density at radius 3 is 1.01 bits per heavy atom. The Morgan fingerprint density at radius 2 is 0.621 bits per heavy atom. The van der Waals surface area contributed by atoms with E-state index in [-0.39, 0.29) is 60.2 Å². The van der Waals surface area contributed by atoms with Crippen molar-refractivity contribution in [2.45, 2.75) is 294 Å². The van der Waals surface area contributed by atoms with Crippen molar-refractivity contribution in [3.8, 4) is 0 Å². The number of thiophene rings is 2. The molecule has 0 bridgehead atoms. The molecule has 0 amide bonds. The van der Waals surface area contributed by atoms with Crippen LogP contribution in [0.3, 0.4) is 0 Å². The molecule has 3 aromatic heterocycles. The van der Waals surface area contributed by atoms with E-state index >= 15 is 0 Å². The molecule has 1 nitrogen and oxygen atoms in total. The zero-order valence-corrected chi connectivity index (χ0v) is 69.5. The normalized spacial score (nSPS) is 11.7. The molecule has 0 aliphatic rings. The van der Waals surface area contributed by atoms with Gasteiger partial charge in [-0.1, -0.05) is 382 Å². The van der Waals surface area contributed by atoms with Crippen molar-refractivity contribution in [2.24, 2.45) is 0 Å². The summed E-state index contributed by atoms with van der Waals surface area (Å²) in [5, 5.41) is 9.24. The number of aryl methyl sites for hydroxylation is 9. The fourth-order valence-corrected chi connectivity index (χ4v) is 16.4. The van der Waals surface area contributed by atoms with Gasteiger partial charge >= 0.3 is 0 Å². The minimum absolute atomic E-state index is 0. The fourth-order valence-electron chi connectivity index (χ4n) is 13.7. The standard InChI is InChI=1S/C17H18O.C17H18S.C13H16S.2C13H20.2C12H18.3CH4/c2*1-11-13-10-9-12-7-5-6-8-14(12)15(13)18-16(11)17(2,3)4;1-9-10-7-5-6-8-11(10)14-12(9)13(2,3)4;2*1-6-11-8-7-10(2)9-12(11)13(3,4)5;2*1-5-10-8-6-7-9-11(10)12(2,3)4;;;/h2*5-10H,1-4H3;5-8H,1-4H3;2*7-9H,6H2,1-5H3;2*6-9H,5H2,1-4H3;3*1H4. The Labute approximate surface area is 638 Å². The second-order valence-electron chi connectivity index (χ2n) is 34.8. The summed E-state index contributed by atoms with van der Waals surface area (Å²) in [7, 11) is 0. The van der Waals surface area contributed by atoms with E-state index in [1.54, 1.807) is 0 Å². The Kier molecular flexibility index (Phi) is 32.6. The highest BCUT2D eigenvalue weighted by molar-refractivity contribution is 7.20. The lowest BCUT2D eigenvalue weighted by Gasteiger charge is -2.23. The molecule has 558 valence electrons. The second kappa shape index (κ2) is 37.3. The van der Waals surface area contributed by atoms with E-state index in [1.165, 1.54) is 129 Å². The molecule has 3 heteroatoms. The van der Waals surface area contributed by atoms with Crippen LogP contribution in [-0.4, -0.2) is 0 Å². The summed E-state index contributed by atoms with van der Waals surface area (Å²) < 4.78 is 9.03. The summed E-state index contributed by atoms with van der Waals surface area (Å²) in [4.78, 5) is 3.02. The molecule has 0 N–H and O–H groups in total. The molecule has 12 aromatic rings.